The van der Waals surface area contributed by atoms with E-state index in [9.17, 15) is 19.2 Å². The second-order valence-electron chi connectivity index (χ2n) is 7.02. The zero-order chi connectivity index (χ0) is 22.5. The molecule has 3 aromatic carbocycles. The number of hydrogen-bond acceptors (Lipinski definition) is 4. The summed E-state index contributed by atoms with van der Waals surface area (Å²) in [6.45, 7) is 4.34. The zero-order valence-corrected chi connectivity index (χ0v) is 17.5. The number of amides is 4. The molecule has 31 heavy (non-hydrogen) atoms. The van der Waals surface area contributed by atoms with E-state index in [2.05, 4.69) is 0 Å². The normalized spacial score (nSPS) is 10.3. The summed E-state index contributed by atoms with van der Waals surface area (Å²) in [6, 6.07) is 21.7. The highest BCUT2D eigenvalue weighted by Gasteiger charge is 2.27. The maximum Gasteiger partial charge on any atom is 0.265 e. The Kier molecular flexibility index (Phi) is 6.40. The summed E-state index contributed by atoms with van der Waals surface area (Å²) in [4.78, 5) is 53.0. The van der Waals surface area contributed by atoms with Crippen LogP contribution in [0.3, 0.4) is 0 Å². The quantitative estimate of drug-likeness (QED) is 0.635. The lowest BCUT2D eigenvalue weighted by atomic mass is 10.1. The average Bonchev–Trinajstić information content (AvgIpc) is 2.76. The number of imide groups is 2. The smallest absolute Gasteiger partial charge is 0.265 e. The molecule has 156 valence electrons. The second kappa shape index (κ2) is 9.17. The van der Waals surface area contributed by atoms with Gasteiger partial charge in [0, 0.05) is 25.0 Å². The number of benzene rings is 3. The van der Waals surface area contributed by atoms with Gasteiger partial charge in [-0.25, -0.2) is 9.80 Å². The van der Waals surface area contributed by atoms with E-state index >= 15 is 0 Å². The highest BCUT2D eigenvalue weighted by atomic mass is 16.2. The van der Waals surface area contributed by atoms with Crippen molar-refractivity contribution in [1.29, 1.82) is 0 Å². The summed E-state index contributed by atoms with van der Waals surface area (Å²) >= 11 is 0. The molecule has 4 amide bonds. The van der Waals surface area contributed by atoms with Gasteiger partial charge in [0.1, 0.15) is 0 Å². The average molecular weight is 414 g/mol. The van der Waals surface area contributed by atoms with E-state index in [0.29, 0.717) is 22.4 Å². The standard InChI is InChI=1S/C25H22N2O4/c1-17-14-15-22(26(18(2)28)24(30)20-10-6-4-7-11-20)16-23(17)27(19(3)29)25(31)21-12-8-5-9-13-21/h4-16H,1-3H3. The predicted molar refractivity (Wildman–Crippen MR) is 119 cm³/mol. The van der Waals surface area contributed by atoms with Crippen LogP contribution in [0.5, 0.6) is 0 Å². The Morgan fingerprint density at radius 2 is 1.06 bits per heavy atom. The van der Waals surface area contributed by atoms with Crippen molar-refractivity contribution in [2.24, 2.45) is 0 Å². The van der Waals surface area contributed by atoms with Crippen LogP contribution in [0.4, 0.5) is 11.4 Å². The molecular weight excluding hydrogens is 392 g/mol. The van der Waals surface area contributed by atoms with Crippen LogP contribution in [0, 0.1) is 6.92 Å². The first-order valence-electron chi connectivity index (χ1n) is 9.72. The van der Waals surface area contributed by atoms with Crippen molar-refractivity contribution in [2.45, 2.75) is 20.8 Å². The molecule has 0 spiro atoms. The molecule has 0 aromatic heterocycles. The molecule has 0 bridgehead atoms. The number of aryl methyl sites for hydroxylation is 1. The summed E-state index contributed by atoms with van der Waals surface area (Å²) < 4.78 is 0. The summed E-state index contributed by atoms with van der Waals surface area (Å²) in [6.07, 6.45) is 0. The number of rotatable bonds is 4. The minimum Gasteiger partial charge on any atom is -0.274 e. The summed E-state index contributed by atoms with van der Waals surface area (Å²) in [5.74, 6) is -1.94. The van der Waals surface area contributed by atoms with Crippen LogP contribution in [0.1, 0.15) is 40.1 Å². The lowest BCUT2D eigenvalue weighted by Gasteiger charge is -2.25. The van der Waals surface area contributed by atoms with Crippen molar-refractivity contribution in [2.75, 3.05) is 9.80 Å². The van der Waals surface area contributed by atoms with Crippen LogP contribution in [-0.2, 0) is 9.59 Å². The van der Waals surface area contributed by atoms with Gasteiger partial charge in [-0.15, -0.1) is 0 Å². The molecular formula is C25H22N2O4. The molecule has 0 aliphatic carbocycles. The van der Waals surface area contributed by atoms with E-state index in [4.69, 9.17) is 0 Å². The van der Waals surface area contributed by atoms with Gasteiger partial charge in [0.2, 0.25) is 11.8 Å². The van der Waals surface area contributed by atoms with E-state index in [1.807, 2.05) is 0 Å². The number of carbonyl (C=O) groups excluding carboxylic acids is 4. The van der Waals surface area contributed by atoms with Crippen molar-refractivity contribution < 1.29 is 19.2 Å². The third-order valence-corrected chi connectivity index (χ3v) is 4.77. The molecule has 0 atom stereocenters. The highest BCUT2D eigenvalue weighted by Crippen LogP contribution is 2.29. The topological polar surface area (TPSA) is 74.8 Å². The molecule has 0 radical (unpaired) electrons. The van der Waals surface area contributed by atoms with E-state index < -0.39 is 23.6 Å². The van der Waals surface area contributed by atoms with E-state index in [0.717, 1.165) is 9.80 Å². The van der Waals surface area contributed by atoms with Gasteiger partial charge in [-0.1, -0.05) is 42.5 Å². The molecule has 0 fully saturated rings. The fourth-order valence-electron chi connectivity index (χ4n) is 3.26. The fraction of sp³-hybridized carbons (Fsp3) is 0.120. The van der Waals surface area contributed by atoms with Crippen LogP contribution in [0.15, 0.2) is 78.9 Å². The molecule has 0 saturated carbocycles. The molecule has 6 nitrogen and oxygen atoms in total. The molecule has 0 aliphatic heterocycles. The first-order valence-corrected chi connectivity index (χ1v) is 9.72. The zero-order valence-electron chi connectivity index (χ0n) is 17.5. The van der Waals surface area contributed by atoms with Crippen molar-refractivity contribution >= 4 is 35.0 Å². The minimum absolute atomic E-state index is 0.272. The van der Waals surface area contributed by atoms with Gasteiger partial charge in [-0.3, -0.25) is 19.2 Å². The fourth-order valence-corrected chi connectivity index (χ4v) is 3.26. The summed E-state index contributed by atoms with van der Waals surface area (Å²) in [5.41, 5.74) is 1.94. The first kappa shape index (κ1) is 21.6. The van der Waals surface area contributed by atoms with Crippen LogP contribution in [-0.4, -0.2) is 23.6 Å². The molecule has 0 aliphatic rings. The Morgan fingerprint density at radius 3 is 1.52 bits per heavy atom. The van der Waals surface area contributed by atoms with Crippen molar-refractivity contribution in [3.8, 4) is 0 Å². The monoisotopic (exact) mass is 414 g/mol. The SMILES string of the molecule is CC(=O)N(C(=O)c1ccccc1)c1ccc(C)c(N(C(C)=O)C(=O)c2ccccc2)c1. The molecule has 3 aromatic rings. The maximum atomic E-state index is 13.1. The van der Waals surface area contributed by atoms with Crippen LogP contribution < -0.4 is 9.80 Å². The second-order valence-corrected chi connectivity index (χ2v) is 7.02. The van der Waals surface area contributed by atoms with Gasteiger partial charge in [-0.05, 0) is 48.9 Å². The van der Waals surface area contributed by atoms with E-state index in [1.54, 1.807) is 79.7 Å². The Balaban J connectivity index is 2.08. The Labute approximate surface area is 180 Å². The largest absolute Gasteiger partial charge is 0.274 e. The molecule has 0 N–H and O–H groups in total. The van der Waals surface area contributed by atoms with Gasteiger partial charge in [0.15, 0.2) is 0 Å². The number of nitrogens with zero attached hydrogens (tertiary/aromatic N) is 2. The molecule has 0 unspecified atom stereocenters. The summed E-state index contributed by atoms with van der Waals surface area (Å²) in [5, 5.41) is 0. The van der Waals surface area contributed by atoms with Crippen LogP contribution >= 0.6 is 0 Å². The highest BCUT2D eigenvalue weighted by molar-refractivity contribution is 6.23. The number of carbonyl (C=O) groups is 4. The van der Waals surface area contributed by atoms with Crippen LogP contribution in [0.25, 0.3) is 0 Å². The molecule has 0 heterocycles. The molecule has 6 heteroatoms. The van der Waals surface area contributed by atoms with Gasteiger partial charge in [-0.2, -0.15) is 0 Å². The van der Waals surface area contributed by atoms with Gasteiger partial charge in [0.25, 0.3) is 11.8 Å². The van der Waals surface area contributed by atoms with E-state index in [-0.39, 0.29) is 5.69 Å². The number of hydrogen-bond donors (Lipinski definition) is 0. The molecule has 0 saturated heterocycles. The maximum absolute atomic E-state index is 13.1. The predicted octanol–water partition coefficient (Wildman–Crippen LogP) is 4.38. The van der Waals surface area contributed by atoms with Gasteiger partial charge >= 0.3 is 0 Å². The first-order chi connectivity index (χ1) is 14.8. The van der Waals surface area contributed by atoms with Crippen LogP contribution in [0.2, 0.25) is 0 Å². The van der Waals surface area contributed by atoms with Crippen molar-refractivity contribution in [3.63, 3.8) is 0 Å². The number of anilines is 2. The Bertz CT molecular complexity index is 1140. The van der Waals surface area contributed by atoms with Gasteiger partial charge in [0.05, 0.1) is 11.4 Å². The third kappa shape index (κ3) is 4.59. The lowest BCUT2D eigenvalue weighted by molar-refractivity contribution is -0.116. The Hall–Kier alpha value is -4.06. The van der Waals surface area contributed by atoms with Gasteiger partial charge < -0.3 is 0 Å². The van der Waals surface area contributed by atoms with Crippen molar-refractivity contribution in [1.82, 2.24) is 0 Å². The van der Waals surface area contributed by atoms with E-state index in [1.165, 1.54) is 19.9 Å². The third-order valence-electron chi connectivity index (χ3n) is 4.77. The minimum atomic E-state index is -0.494. The van der Waals surface area contributed by atoms with Crippen molar-refractivity contribution in [3.05, 3.63) is 95.6 Å². The Morgan fingerprint density at radius 1 is 0.613 bits per heavy atom. The summed E-state index contributed by atoms with van der Waals surface area (Å²) in [7, 11) is 0. The lowest BCUT2D eigenvalue weighted by Crippen LogP contribution is -2.37. The molecule has 3 rings (SSSR count).